The van der Waals surface area contributed by atoms with Crippen molar-refractivity contribution >= 4 is 56.9 Å². The summed E-state index contributed by atoms with van der Waals surface area (Å²) in [4.78, 5) is 113. The number of aliphatic carboxylic acids is 1. The van der Waals surface area contributed by atoms with Crippen LogP contribution in [0.4, 0.5) is 46.5 Å². The van der Waals surface area contributed by atoms with Gasteiger partial charge in [0, 0.05) is 63.8 Å². The van der Waals surface area contributed by atoms with Gasteiger partial charge in [0.1, 0.15) is 35.8 Å². The van der Waals surface area contributed by atoms with E-state index in [9.17, 15) is 69.8 Å². The molecule has 0 unspecified atom stereocenters. The number of ether oxygens (including phenoxy) is 3. The van der Waals surface area contributed by atoms with Crippen molar-refractivity contribution in [1.29, 1.82) is 0 Å². The molecule has 2 fully saturated rings. The Bertz CT molecular complexity index is 4340. The van der Waals surface area contributed by atoms with E-state index in [1.54, 1.807) is 12.1 Å². The fourth-order valence-electron chi connectivity index (χ4n) is 10.8. The van der Waals surface area contributed by atoms with Crippen molar-refractivity contribution in [3.05, 3.63) is 196 Å². The third-order valence-corrected chi connectivity index (χ3v) is 15.5. The second kappa shape index (κ2) is 26.5. The third-order valence-electron chi connectivity index (χ3n) is 15.5. The molecule has 2 amide bonds. The first-order valence-corrected chi connectivity index (χ1v) is 27.7. The largest absolute Gasteiger partial charge is 0.480 e. The first-order chi connectivity index (χ1) is 43.1. The molecular formula is C61H56F8N10O12. The van der Waals surface area contributed by atoms with E-state index in [1.807, 2.05) is 0 Å². The van der Waals surface area contributed by atoms with Crippen LogP contribution in [0.25, 0.3) is 33.2 Å². The van der Waals surface area contributed by atoms with E-state index in [0.29, 0.717) is 22.2 Å². The maximum Gasteiger partial charge on any atom is 0.411 e. The molecule has 30 heteroatoms. The number of carboxylic acid groups (broad SMARTS) is 1. The molecule has 4 aromatic carbocycles. The van der Waals surface area contributed by atoms with Crippen LogP contribution in [-0.2, 0) is 50.7 Å². The Balaban J connectivity index is 0.000000215. The van der Waals surface area contributed by atoms with Gasteiger partial charge in [0.2, 0.25) is 0 Å². The number of hydrogen-bond acceptors (Lipinski definition) is 15. The van der Waals surface area contributed by atoms with Gasteiger partial charge in [-0.15, -0.1) is 0 Å². The number of carbonyl (C=O) groups is 4. The summed E-state index contributed by atoms with van der Waals surface area (Å²) >= 11 is 0. The summed E-state index contributed by atoms with van der Waals surface area (Å²) in [7, 11) is 4.12. The van der Waals surface area contributed by atoms with Crippen molar-refractivity contribution in [3.8, 4) is 11.4 Å². The lowest BCUT2D eigenvalue weighted by molar-refractivity contribution is -0.167. The van der Waals surface area contributed by atoms with Gasteiger partial charge in [-0.25, -0.2) is 37.1 Å². The zero-order valence-corrected chi connectivity index (χ0v) is 48.9. The smallest absolute Gasteiger partial charge is 0.411 e. The minimum absolute atomic E-state index is 0.00409. The van der Waals surface area contributed by atoms with Gasteiger partial charge in [0.25, 0.3) is 22.9 Å². The highest BCUT2D eigenvalue weighted by atomic mass is 19.4. The number of rotatable bonds is 14. The average Bonchev–Trinajstić information content (AvgIpc) is 0.797. The first kappa shape index (κ1) is 65.3. The molecule has 0 bridgehead atoms. The van der Waals surface area contributed by atoms with E-state index in [4.69, 9.17) is 14.2 Å². The van der Waals surface area contributed by atoms with Crippen molar-refractivity contribution in [3.63, 3.8) is 0 Å². The quantitative estimate of drug-likeness (QED) is 0.0892. The molecule has 10 rings (SSSR count). The first-order valence-electron chi connectivity index (χ1n) is 27.7. The molecule has 4 aromatic heterocycles. The van der Waals surface area contributed by atoms with Crippen molar-refractivity contribution in [2.24, 2.45) is 14.1 Å². The lowest BCUT2D eigenvalue weighted by Crippen LogP contribution is -2.53. The van der Waals surface area contributed by atoms with Gasteiger partial charge in [-0.05, 0) is 96.8 Å². The lowest BCUT2D eigenvalue weighted by atomic mass is 10.0. The number of benzene rings is 4. The summed E-state index contributed by atoms with van der Waals surface area (Å²) in [5, 5.41) is 15.1. The number of carboxylic acids is 1. The summed E-state index contributed by atoms with van der Waals surface area (Å²) in [6, 6.07) is 12.4. The van der Waals surface area contributed by atoms with Crippen LogP contribution in [0.2, 0.25) is 0 Å². The Morgan fingerprint density at radius 2 is 0.989 bits per heavy atom. The minimum atomic E-state index is -4.63. The summed E-state index contributed by atoms with van der Waals surface area (Å²) in [5.41, 5.74) is -1.18. The Morgan fingerprint density at radius 1 is 0.604 bits per heavy atom. The number of anilines is 2. The van der Waals surface area contributed by atoms with Crippen molar-refractivity contribution < 1.29 is 73.6 Å². The second-order valence-electron chi connectivity index (χ2n) is 21.3. The zero-order chi connectivity index (χ0) is 66.0. The molecule has 4 atom stereocenters. The number of alkyl halides is 6. The average molecular weight is 1270 g/mol. The fraction of sp³-hybridized carbons (Fsp3) is 0.311. The molecule has 2 aliphatic heterocycles. The van der Waals surface area contributed by atoms with Crippen LogP contribution >= 0.6 is 0 Å². The molecule has 0 aliphatic carbocycles. The molecule has 8 aromatic rings. The van der Waals surface area contributed by atoms with Crippen molar-refractivity contribution in [2.45, 2.75) is 63.2 Å². The highest BCUT2D eigenvalue weighted by Crippen LogP contribution is 2.35. The van der Waals surface area contributed by atoms with E-state index in [1.165, 1.54) is 123 Å². The molecule has 0 saturated carbocycles. The van der Waals surface area contributed by atoms with E-state index < -0.39 is 119 Å². The second-order valence-corrected chi connectivity index (χ2v) is 21.3. The van der Waals surface area contributed by atoms with Gasteiger partial charge >= 0.3 is 35.7 Å². The van der Waals surface area contributed by atoms with Crippen molar-refractivity contribution in [2.75, 3.05) is 56.4 Å². The van der Waals surface area contributed by atoms with Gasteiger partial charge < -0.3 is 39.8 Å². The summed E-state index contributed by atoms with van der Waals surface area (Å²) in [5.74, 6) is -6.45. The van der Waals surface area contributed by atoms with Gasteiger partial charge in [0.05, 0.1) is 90.2 Å². The number of aryl methyl sites for hydroxylation is 4. The van der Waals surface area contributed by atoms with Crippen LogP contribution < -0.4 is 42.9 Å². The highest BCUT2D eigenvalue weighted by Gasteiger charge is 2.47. The predicted octanol–water partition coefficient (Wildman–Crippen LogP) is 5.54. The standard InChI is InChI=1S/C31H29F4N5O6.C30H27F4N5O6/c1-17-12-20(39-10-11-46-16-25(39)31(33,34)35)14-22(32)26(17)27(41)37-23(29(43)45-3)13-18-4-6-19(7-5-18)40-28(42)21-8-9-36-15-24(21)38(2)30(40)44;1-16-11-19(38-9-10-45-15-24(38)30(32,33)34)13-21(31)25(16)26(40)36-22(28(42)43)12-17-3-5-18(6-4-17)39-27(41)20-7-8-35-14-23(20)37(2)29(39)44/h4-9,12,14-15,23,25H,10-11,13,16H2,1-3H3,(H,37,41);3-8,11,13-14,22,24H,9-10,12,15H2,1-2H3,(H,36,40)(H,42,43)/t23-,25+;22-,24+/m00/s1. The molecule has 0 radical (unpaired) electrons. The fourth-order valence-corrected chi connectivity index (χ4v) is 10.8. The SMILES string of the molecule is COC(=O)[C@H](Cc1ccc(-n2c(=O)c3ccncc3n(C)c2=O)cc1)NC(=O)c1c(C)cc(N2CCOC[C@@H]2C(F)(F)F)cc1F.Cc1cc(N2CCOC[C@@H]2C(F)(F)F)cc(F)c1C(=O)N[C@@H](Cc1ccc(-n2c(=O)c3ccncc3n(C)c2=O)cc1)C(=O)O. The Hall–Kier alpha value is -10.1. The van der Waals surface area contributed by atoms with E-state index >= 15 is 8.78 Å². The molecule has 91 heavy (non-hydrogen) atoms. The summed E-state index contributed by atoms with van der Waals surface area (Å²) in [6.45, 7) is 1.24. The number of aromatic nitrogens is 6. The Labute approximate surface area is 509 Å². The molecule has 6 heterocycles. The lowest BCUT2D eigenvalue weighted by Gasteiger charge is -2.38. The van der Waals surface area contributed by atoms with Crippen LogP contribution in [0.15, 0.2) is 129 Å². The normalized spacial score (nSPS) is 16.0. The molecular weight excluding hydrogens is 1220 g/mol. The number of esters is 1. The van der Waals surface area contributed by atoms with E-state index in [-0.39, 0.29) is 83.8 Å². The topological polar surface area (TPSA) is 261 Å². The number of morpholine rings is 2. The molecule has 0 spiro atoms. The monoisotopic (exact) mass is 1270 g/mol. The summed E-state index contributed by atoms with van der Waals surface area (Å²) < 4.78 is 131. The van der Waals surface area contributed by atoms with E-state index in [0.717, 1.165) is 38.2 Å². The van der Waals surface area contributed by atoms with E-state index in [2.05, 4.69) is 20.6 Å². The number of nitrogens with zero attached hydrogens (tertiary/aromatic N) is 8. The van der Waals surface area contributed by atoms with Crippen LogP contribution in [0.5, 0.6) is 0 Å². The van der Waals surface area contributed by atoms with Crippen LogP contribution in [0, 0.1) is 25.5 Å². The van der Waals surface area contributed by atoms with Crippen LogP contribution in [-0.4, -0.2) is 140 Å². The minimum Gasteiger partial charge on any atom is -0.480 e. The molecule has 2 saturated heterocycles. The van der Waals surface area contributed by atoms with Crippen LogP contribution in [0.3, 0.4) is 0 Å². The number of amides is 2. The van der Waals surface area contributed by atoms with Gasteiger partial charge in [0.15, 0.2) is 0 Å². The number of pyridine rings is 2. The van der Waals surface area contributed by atoms with Crippen molar-refractivity contribution in [1.82, 2.24) is 38.9 Å². The van der Waals surface area contributed by atoms with Crippen LogP contribution in [0.1, 0.15) is 43.0 Å². The Morgan fingerprint density at radius 3 is 1.35 bits per heavy atom. The number of nitrogens with one attached hydrogen (secondary N) is 2. The number of methoxy groups -OCH3 is 1. The van der Waals surface area contributed by atoms with Gasteiger partial charge in [-0.1, -0.05) is 24.3 Å². The number of carbonyl (C=O) groups excluding carboxylic acids is 3. The number of halogens is 8. The molecule has 2 aliphatic rings. The number of fused-ring (bicyclic) bond motifs is 2. The number of hydrogen-bond donors (Lipinski definition) is 3. The molecule has 3 N–H and O–H groups in total. The molecule has 478 valence electrons. The third kappa shape index (κ3) is 13.7. The summed E-state index contributed by atoms with van der Waals surface area (Å²) in [6.07, 6.45) is -3.90. The predicted molar refractivity (Wildman–Crippen MR) is 313 cm³/mol. The Kier molecular flexibility index (Phi) is 19.1. The highest BCUT2D eigenvalue weighted by molar-refractivity contribution is 5.99. The van der Waals surface area contributed by atoms with Gasteiger partial charge in [-0.2, -0.15) is 26.3 Å². The zero-order valence-electron chi connectivity index (χ0n) is 48.9. The van der Waals surface area contributed by atoms with Gasteiger partial charge in [-0.3, -0.25) is 38.3 Å². The maximum atomic E-state index is 15.3. The maximum absolute atomic E-state index is 15.3. The molecule has 22 nitrogen and oxygen atoms in total.